The second kappa shape index (κ2) is 11.4. The van der Waals surface area contributed by atoms with Gasteiger partial charge in [-0.3, -0.25) is 9.59 Å². The fourth-order valence-electron chi connectivity index (χ4n) is 2.62. The van der Waals surface area contributed by atoms with Crippen LogP contribution in [0.25, 0.3) is 0 Å². The summed E-state index contributed by atoms with van der Waals surface area (Å²) in [6, 6.07) is 14.6. The summed E-state index contributed by atoms with van der Waals surface area (Å²) >= 11 is 6.10. The maximum Gasteiger partial charge on any atom is 0.408 e. The van der Waals surface area contributed by atoms with Crippen LogP contribution < -0.4 is 16.0 Å². The summed E-state index contributed by atoms with van der Waals surface area (Å²) in [7, 11) is 0. The molecule has 0 saturated heterocycles. The summed E-state index contributed by atoms with van der Waals surface area (Å²) in [5.74, 6) is -0.433. The van der Waals surface area contributed by atoms with Crippen molar-refractivity contribution in [1.29, 1.82) is 0 Å². The number of benzene rings is 2. The number of anilines is 1. The van der Waals surface area contributed by atoms with Crippen LogP contribution in [0.4, 0.5) is 10.5 Å². The SMILES string of the molecule is CC(C)(C)OC(=O)NCC(=O)Nc1ccc(CNC(=O)CCc2ccccc2Cl)cc1. The second-order valence-electron chi connectivity index (χ2n) is 7.97. The molecule has 0 saturated carbocycles. The Kier molecular flexibility index (Phi) is 8.88. The van der Waals surface area contributed by atoms with Crippen molar-refractivity contribution in [3.05, 3.63) is 64.7 Å². The number of amides is 3. The third-order valence-electron chi connectivity index (χ3n) is 4.10. The largest absolute Gasteiger partial charge is 0.444 e. The Morgan fingerprint density at radius 3 is 2.26 bits per heavy atom. The van der Waals surface area contributed by atoms with Gasteiger partial charge in [-0.15, -0.1) is 0 Å². The molecule has 3 amide bonds. The summed E-state index contributed by atoms with van der Waals surface area (Å²) < 4.78 is 5.08. The molecule has 0 heterocycles. The lowest BCUT2D eigenvalue weighted by molar-refractivity contribution is -0.121. The molecule has 8 heteroatoms. The highest BCUT2D eigenvalue weighted by molar-refractivity contribution is 6.31. The van der Waals surface area contributed by atoms with Crippen molar-refractivity contribution >= 4 is 35.2 Å². The van der Waals surface area contributed by atoms with Crippen molar-refractivity contribution in [1.82, 2.24) is 10.6 Å². The second-order valence-corrected chi connectivity index (χ2v) is 8.38. The highest BCUT2D eigenvalue weighted by atomic mass is 35.5. The minimum absolute atomic E-state index is 0.0643. The van der Waals surface area contributed by atoms with Crippen LogP contribution in [0.2, 0.25) is 5.02 Å². The molecule has 2 aromatic rings. The van der Waals surface area contributed by atoms with Crippen molar-refractivity contribution in [2.24, 2.45) is 0 Å². The van der Waals surface area contributed by atoms with Crippen LogP contribution >= 0.6 is 11.6 Å². The Balaban J connectivity index is 1.71. The minimum Gasteiger partial charge on any atom is -0.444 e. The van der Waals surface area contributed by atoms with Gasteiger partial charge in [0.1, 0.15) is 12.1 Å². The number of hydrogen-bond acceptors (Lipinski definition) is 4. The van der Waals surface area contributed by atoms with Crippen LogP contribution in [0.3, 0.4) is 0 Å². The lowest BCUT2D eigenvalue weighted by atomic mass is 10.1. The van der Waals surface area contributed by atoms with Gasteiger partial charge in [-0.2, -0.15) is 0 Å². The van der Waals surface area contributed by atoms with E-state index in [1.165, 1.54) is 0 Å². The minimum atomic E-state index is -0.650. The van der Waals surface area contributed by atoms with Crippen LogP contribution in [0.5, 0.6) is 0 Å². The normalized spacial score (nSPS) is 10.8. The summed E-state index contributed by atoms with van der Waals surface area (Å²) in [5.41, 5.74) is 1.81. The van der Waals surface area contributed by atoms with E-state index in [-0.39, 0.29) is 18.4 Å². The van der Waals surface area contributed by atoms with Gasteiger partial charge in [-0.05, 0) is 56.5 Å². The summed E-state index contributed by atoms with van der Waals surface area (Å²) in [4.78, 5) is 35.6. The van der Waals surface area contributed by atoms with Gasteiger partial charge < -0.3 is 20.7 Å². The predicted molar refractivity (Wildman–Crippen MR) is 121 cm³/mol. The monoisotopic (exact) mass is 445 g/mol. The Labute approximate surface area is 187 Å². The van der Waals surface area contributed by atoms with Gasteiger partial charge in [0.15, 0.2) is 0 Å². The van der Waals surface area contributed by atoms with E-state index in [9.17, 15) is 14.4 Å². The number of rotatable bonds is 8. The van der Waals surface area contributed by atoms with Crippen LogP contribution in [-0.2, 0) is 27.3 Å². The number of aryl methyl sites for hydroxylation is 1. The summed E-state index contributed by atoms with van der Waals surface area (Å²) in [5, 5.41) is 8.62. The smallest absolute Gasteiger partial charge is 0.408 e. The van der Waals surface area contributed by atoms with Crippen molar-refractivity contribution in [2.75, 3.05) is 11.9 Å². The van der Waals surface area contributed by atoms with Crippen LogP contribution in [-0.4, -0.2) is 30.1 Å². The Morgan fingerprint density at radius 2 is 1.61 bits per heavy atom. The van der Waals surface area contributed by atoms with Gasteiger partial charge in [-0.1, -0.05) is 41.9 Å². The molecule has 0 spiro atoms. The zero-order chi connectivity index (χ0) is 22.9. The zero-order valence-corrected chi connectivity index (χ0v) is 18.7. The number of carbonyl (C=O) groups excluding carboxylic acids is 3. The van der Waals surface area contributed by atoms with Gasteiger partial charge in [0.25, 0.3) is 0 Å². The molecular weight excluding hydrogens is 418 g/mol. The molecule has 166 valence electrons. The molecule has 0 bridgehead atoms. The summed E-state index contributed by atoms with van der Waals surface area (Å²) in [6.07, 6.45) is 0.277. The average molecular weight is 446 g/mol. The number of hydrogen-bond donors (Lipinski definition) is 3. The van der Waals surface area contributed by atoms with E-state index in [1.54, 1.807) is 32.9 Å². The molecule has 2 aromatic carbocycles. The van der Waals surface area contributed by atoms with Gasteiger partial charge >= 0.3 is 6.09 Å². The lowest BCUT2D eigenvalue weighted by Gasteiger charge is -2.19. The average Bonchev–Trinajstić information content (AvgIpc) is 2.70. The van der Waals surface area contributed by atoms with E-state index in [2.05, 4.69) is 16.0 Å². The molecule has 0 aliphatic carbocycles. The molecule has 0 unspecified atom stereocenters. The first kappa shape index (κ1) is 24.2. The Hall–Kier alpha value is -3.06. The lowest BCUT2D eigenvalue weighted by Crippen LogP contribution is -2.37. The van der Waals surface area contributed by atoms with Crippen LogP contribution in [0.1, 0.15) is 38.3 Å². The fourth-order valence-corrected chi connectivity index (χ4v) is 2.85. The van der Waals surface area contributed by atoms with E-state index in [1.807, 2.05) is 36.4 Å². The number of ether oxygens (including phenoxy) is 1. The molecule has 31 heavy (non-hydrogen) atoms. The van der Waals surface area contributed by atoms with Gasteiger partial charge in [-0.25, -0.2) is 4.79 Å². The first-order valence-corrected chi connectivity index (χ1v) is 10.4. The highest BCUT2D eigenvalue weighted by Crippen LogP contribution is 2.16. The third-order valence-corrected chi connectivity index (χ3v) is 4.47. The summed E-state index contributed by atoms with van der Waals surface area (Å²) in [6.45, 7) is 5.43. The van der Waals surface area contributed by atoms with E-state index in [0.29, 0.717) is 30.1 Å². The van der Waals surface area contributed by atoms with Crippen molar-refractivity contribution in [3.63, 3.8) is 0 Å². The number of halogens is 1. The van der Waals surface area contributed by atoms with E-state index >= 15 is 0 Å². The maximum absolute atomic E-state index is 12.1. The van der Waals surface area contributed by atoms with E-state index < -0.39 is 11.7 Å². The number of nitrogens with one attached hydrogen (secondary N) is 3. The predicted octanol–water partition coefficient (Wildman–Crippen LogP) is 4.05. The maximum atomic E-state index is 12.1. The number of alkyl carbamates (subject to hydrolysis) is 1. The molecule has 3 N–H and O–H groups in total. The topological polar surface area (TPSA) is 96.5 Å². The molecule has 0 aromatic heterocycles. The van der Waals surface area contributed by atoms with Crippen LogP contribution in [0, 0.1) is 0 Å². The molecule has 0 fully saturated rings. The van der Waals surface area contributed by atoms with E-state index in [4.69, 9.17) is 16.3 Å². The van der Waals surface area contributed by atoms with Crippen LogP contribution in [0.15, 0.2) is 48.5 Å². The quantitative estimate of drug-likeness (QED) is 0.571. The van der Waals surface area contributed by atoms with Gasteiger partial charge in [0, 0.05) is 23.7 Å². The molecular formula is C23H28ClN3O4. The fraction of sp³-hybridized carbons (Fsp3) is 0.348. The van der Waals surface area contributed by atoms with Gasteiger partial charge in [0.2, 0.25) is 11.8 Å². The highest BCUT2D eigenvalue weighted by Gasteiger charge is 2.16. The molecule has 7 nitrogen and oxygen atoms in total. The van der Waals surface area contributed by atoms with Crippen molar-refractivity contribution in [2.45, 2.75) is 45.8 Å². The van der Waals surface area contributed by atoms with Crippen molar-refractivity contribution in [3.8, 4) is 0 Å². The number of carbonyl (C=O) groups is 3. The Bertz CT molecular complexity index is 908. The van der Waals surface area contributed by atoms with E-state index in [0.717, 1.165) is 11.1 Å². The first-order chi connectivity index (χ1) is 14.6. The molecule has 2 rings (SSSR count). The molecule has 0 aliphatic heterocycles. The third kappa shape index (κ3) is 9.53. The standard InChI is InChI=1S/C23H28ClN3O4/c1-23(2,3)31-22(30)26-15-21(29)27-18-11-8-16(9-12-18)14-25-20(28)13-10-17-6-4-5-7-19(17)24/h4-9,11-12H,10,13-15H2,1-3H3,(H,25,28)(H,26,30)(H,27,29). The molecule has 0 atom stereocenters. The molecule has 0 aliphatic rings. The van der Waals surface area contributed by atoms with Gasteiger partial charge in [0.05, 0.1) is 0 Å². The first-order valence-electron chi connectivity index (χ1n) is 9.98. The Morgan fingerprint density at radius 1 is 0.935 bits per heavy atom. The molecule has 0 radical (unpaired) electrons. The van der Waals surface area contributed by atoms with Crippen molar-refractivity contribution < 1.29 is 19.1 Å². The zero-order valence-electron chi connectivity index (χ0n) is 18.0.